The molecular formula is C27H30N4O4S. The van der Waals surface area contributed by atoms with Gasteiger partial charge < -0.3 is 15.1 Å². The Balaban J connectivity index is 1.26. The van der Waals surface area contributed by atoms with Gasteiger partial charge in [-0.1, -0.05) is 60.7 Å². The van der Waals surface area contributed by atoms with Gasteiger partial charge in [0.15, 0.2) is 5.54 Å². The number of carbonyl (C=O) groups excluding carboxylic acids is 4. The minimum absolute atomic E-state index is 0.0375. The van der Waals surface area contributed by atoms with Gasteiger partial charge in [0.2, 0.25) is 11.8 Å². The lowest BCUT2D eigenvalue weighted by molar-refractivity contribution is -0.142. The number of urea groups is 1. The average molecular weight is 507 g/mol. The van der Waals surface area contributed by atoms with E-state index in [4.69, 9.17) is 0 Å². The van der Waals surface area contributed by atoms with Crippen LogP contribution in [0.3, 0.4) is 0 Å². The predicted molar refractivity (Wildman–Crippen MR) is 137 cm³/mol. The van der Waals surface area contributed by atoms with Crippen molar-refractivity contribution >= 4 is 35.5 Å². The lowest BCUT2D eigenvalue weighted by Gasteiger charge is -2.28. The number of nitrogens with one attached hydrogen (secondary N) is 1. The maximum absolute atomic E-state index is 13.8. The summed E-state index contributed by atoms with van der Waals surface area (Å²) in [5.41, 5.74) is 0.0681. The fraction of sp³-hybridized carbons (Fsp3) is 0.407. The van der Waals surface area contributed by atoms with E-state index in [-0.39, 0.29) is 30.7 Å². The molecule has 1 N–H and O–H groups in total. The number of hydrogen-bond acceptors (Lipinski definition) is 5. The number of amides is 5. The van der Waals surface area contributed by atoms with Crippen LogP contribution >= 0.6 is 11.8 Å². The Labute approximate surface area is 215 Å². The Morgan fingerprint density at radius 1 is 0.944 bits per heavy atom. The fourth-order valence-corrected chi connectivity index (χ4v) is 6.46. The molecule has 1 atom stereocenters. The van der Waals surface area contributed by atoms with Crippen LogP contribution in [0.25, 0.3) is 0 Å². The van der Waals surface area contributed by atoms with Gasteiger partial charge in [-0.15, -0.1) is 11.8 Å². The second-order valence-electron chi connectivity index (χ2n) is 9.38. The Morgan fingerprint density at radius 2 is 1.56 bits per heavy atom. The number of nitrogens with zero attached hydrogens (tertiary/aromatic N) is 3. The molecule has 0 radical (unpaired) electrons. The molecular weight excluding hydrogens is 476 g/mol. The molecule has 9 heteroatoms. The molecule has 36 heavy (non-hydrogen) atoms. The monoisotopic (exact) mass is 506 g/mol. The van der Waals surface area contributed by atoms with E-state index in [1.54, 1.807) is 16.7 Å². The van der Waals surface area contributed by atoms with E-state index < -0.39 is 17.6 Å². The van der Waals surface area contributed by atoms with Crippen molar-refractivity contribution in [3.8, 4) is 0 Å². The number of rotatable bonds is 7. The van der Waals surface area contributed by atoms with Crippen molar-refractivity contribution in [3.05, 3.63) is 71.8 Å². The third-order valence-corrected chi connectivity index (χ3v) is 8.21. The molecule has 2 aromatic rings. The molecule has 3 aliphatic heterocycles. The first-order valence-electron chi connectivity index (χ1n) is 12.4. The third-order valence-electron chi connectivity index (χ3n) is 7.20. The minimum atomic E-state index is -1.30. The van der Waals surface area contributed by atoms with Crippen LogP contribution < -0.4 is 5.32 Å². The lowest BCUT2D eigenvalue weighted by atomic mass is 9.82. The Morgan fingerprint density at radius 3 is 2.17 bits per heavy atom. The van der Waals surface area contributed by atoms with E-state index >= 15 is 0 Å². The molecule has 0 aliphatic carbocycles. The van der Waals surface area contributed by atoms with Crippen LogP contribution in [0.1, 0.15) is 36.8 Å². The molecule has 3 aliphatic rings. The summed E-state index contributed by atoms with van der Waals surface area (Å²) < 4.78 is 0. The summed E-state index contributed by atoms with van der Waals surface area (Å²) >= 11 is 1.59. The normalized spacial score (nSPS) is 21.2. The van der Waals surface area contributed by atoms with Crippen LogP contribution in [-0.2, 0) is 19.9 Å². The summed E-state index contributed by atoms with van der Waals surface area (Å²) in [6.07, 6.45) is 2.53. The highest BCUT2D eigenvalue weighted by molar-refractivity contribution is 7.99. The summed E-state index contributed by atoms with van der Waals surface area (Å²) in [6.45, 7) is 1.65. The largest absolute Gasteiger partial charge is 0.341 e. The highest BCUT2D eigenvalue weighted by atomic mass is 32.2. The van der Waals surface area contributed by atoms with Gasteiger partial charge in [-0.2, -0.15) is 0 Å². The van der Waals surface area contributed by atoms with Gasteiger partial charge >= 0.3 is 6.03 Å². The van der Waals surface area contributed by atoms with E-state index in [9.17, 15) is 19.2 Å². The van der Waals surface area contributed by atoms with Crippen LogP contribution in [-0.4, -0.2) is 75.8 Å². The van der Waals surface area contributed by atoms with Crippen molar-refractivity contribution in [2.75, 3.05) is 31.3 Å². The molecule has 3 saturated heterocycles. The molecule has 188 valence electrons. The van der Waals surface area contributed by atoms with Crippen molar-refractivity contribution in [3.63, 3.8) is 0 Å². The van der Waals surface area contributed by atoms with Gasteiger partial charge in [-0.25, -0.2) is 4.79 Å². The quantitative estimate of drug-likeness (QED) is 0.584. The third kappa shape index (κ3) is 4.36. The van der Waals surface area contributed by atoms with Crippen LogP contribution in [0.15, 0.2) is 60.7 Å². The van der Waals surface area contributed by atoms with Crippen LogP contribution in [0.4, 0.5) is 4.79 Å². The summed E-state index contributed by atoms with van der Waals surface area (Å²) in [7, 11) is 0. The SMILES string of the molecule is O=C([C@@H]1CSCN1C(=O)CCCN1C(=O)NC(c2ccccc2)(c2ccccc2)C1=O)N1CCCC1. The Bertz CT molecular complexity index is 1100. The standard InChI is InChI=1S/C27H30N4O4S/c32-23(31-19-36-18-22(31)24(33)29-15-7-8-16-29)14-9-17-30-25(34)27(28-26(30)35,20-10-3-1-4-11-20)21-12-5-2-6-13-21/h1-6,10-13,22H,7-9,14-19H2,(H,28,35)/t22-/m0/s1. The van der Waals surface area contributed by atoms with E-state index in [1.165, 1.54) is 4.90 Å². The van der Waals surface area contributed by atoms with Crippen LogP contribution in [0.5, 0.6) is 0 Å². The molecule has 0 bridgehead atoms. The maximum atomic E-state index is 13.8. The van der Waals surface area contributed by atoms with Gasteiger partial charge in [-0.3, -0.25) is 19.3 Å². The molecule has 0 spiro atoms. The van der Waals surface area contributed by atoms with Gasteiger partial charge in [0.25, 0.3) is 5.91 Å². The number of likely N-dealkylation sites (tertiary alicyclic amines) is 1. The Hall–Kier alpha value is -3.33. The molecule has 0 unspecified atom stereocenters. The first kappa shape index (κ1) is 24.4. The maximum Gasteiger partial charge on any atom is 0.325 e. The number of carbonyl (C=O) groups is 4. The zero-order chi connectivity index (χ0) is 25.1. The number of imide groups is 1. The van der Waals surface area contributed by atoms with Gasteiger partial charge in [0.05, 0.1) is 5.88 Å². The molecule has 5 rings (SSSR count). The highest BCUT2D eigenvalue weighted by Crippen LogP contribution is 2.36. The van der Waals surface area contributed by atoms with E-state index in [0.29, 0.717) is 29.2 Å². The summed E-state index contributed by atoms with van der Waals surface area (Å²) in [4.78, 5) is 57.4. The van der Waals surface area contributed by atoms with Gasteiger partial charge in [0, 0.05) is 31.8 Å². The lowest BCUT2D eigenvalue weighted by Crippen LogP contribution is -2.48. The smallest absolute Gasteiger partial charge is 0.325 e. The fourth-order valence-electron chi connectivity index (χ4n) is 5.29. The second-order valence-corrected chi connectivity index (χ2v) is 10.4. The van der Waals surface area contributed by atoms with Crippen molar-refractivity contribution in [2.24, 2.45) is 0 Å². The second kappa shape index (κ2) is 10.3. The number of thioether (sulfide) groups is 1. The first-order valence-corrected chi connectivity index (χ1v) is 13.6. The van der Waals surface area contributed by atoms with E-state index in [0.717, 1.165) is 25.9 Å². The van der Waals surface area contributed by atoms with Crippen molar-refractivity contribution in [2.45, 2.75) is 37.3 Å². The minimum Gasteiger partial charge on any atom is -0.341 e. The van der Waals surface area contributed by atoms with E-state index in [1.807, 2.05) is 65.6 Å². The van der Waals surface area contributed by atoms with Crippen LogP contribution in [0, 0.1) is 0 Å². The Kier molecular flexibility index (Phi) is 7.00. The average Bonchev–Trinajstić information content (AvgIpc) is 3.66. The van der Waals surface area contributed by atoms with Crippen molar-refractivity contribution in [1.82, 2.24) is 20.0 Å². The number of benzene rings is 2. The molecule has 3 fully saturated rings. The number of hydrogen-bond donors (Lipinski definition) is 1. The van der Waals surface area contributed by atoms with Gasteiger partial charge in [0.1, 0.15) is 6.04 Å². The zero-order valence-electron chi connectivity index (χ0n) is 20.1. The molecule has 5 amide bonds. The predicted octanol–water partition coefficient (Wildman–Crippen LogP) is 2.79. The molecule has 0 aromatic heterocycles. The highest BCUT2D eigenvalue weighted by Gasteiger charge is 2.53. The summed E-state index contributed by atoms with van der Waals surface area (Å²) in [5, 5.41) is 2.93. The topological polar surface area (TPSA) is 90.0 Å². The summed E-state index contributed by atoms with van der Waals surface area (Å²) in [5.74, 6) is 0.691. The van der Waals surface area contributed by atoms with Crippen molar-refractivity contribution in [1.29, 1.82) is 0 Å². The molecule has 2 aromatic carbocycles. The summed E-state index contributed by atoms with van der Waals surface area (Å²) in [6, 6.07) is 17.5. The van der Waals surface area contributed by atoms with Crippen LogP contribution in [0.2, 0.25) is 0 Å². The molecule has 0 saturated carbocycles. The molecule has 8 nitrogen and oxygen atoms in total. The first-order chi connectivity index (χ1) is 17.5. The van der Waals surface area contributed by atoms with E-state index in [2.05, 4.69) is 5.32 Å². The zero-order valence-corrected chi connectivity index (χ0v) is 20.9. The molecule has 3 heterocycles. The van der Waals surface area contributed by atoms with Gasteiger partial charge in [-0.05, 0) is 30.4 Å². The van der Waals surface area contributed by atoms with Crippen molar-refractivity contribution < 1.29 is 19.2 Å².